The normalized spacial score (nSPS) is 13.8. The number of carbonyl (C=O) groups excluding carboxylic acids is 2. The summed E-state index contributed by atoms with van der Waals surface area (Å²) in [5, 5.41) is 3.05. The highest BCUT2D eigenvalue weighted by Crippen LogP contribution is 2.38. The first kappa shape index (κ1) is 80.0. The van der Waals surface area contributed by atoms with Crippen molar-refractivity contribution in [1.29, 1.82) is 0 Å². The summed E-state index contributed by atoms with van der Waals surface area (Å²) in [5.74, 6) is -0.528. The van der Waals surface area contributed by atoms with Crippen LogP contribution in [0, 0.1) is 0 Å². The molecule has 3 atom stereocenters. The third-order valence-electron chi connectivity index (χ3n) is 16.0. The topological polar surface area (TPSA) is 114 Å². The first-order valence-corrected chi connectivity index (χ1v) is 36.9. The molecule has 0 rings (SSSR count). The minimum atomic E-state index is -4.70. The number of hydrogen-bond acceptors (Lipinski definition) is 7. The third kappa shape index (κ3) is 62.5. The molecule has 0 radical (unpaired) electrons. The molecule has 0 aromatic rings. The molecule has 82 heavy (non-hydrogen) atoms. The van der Waals surface area contributed by atoms with Gasteiger partial charge in [-0.1, -0.05) is 314 Å². The van der Waals surface area contributed by atoms with Gasteiger partial charge < -0.3 is 28.5 Å². The number of phosphoric ester groups is 1. The van der Waals surface area contributed by atoms with Crippen molar-refractivity contribution in [3.63, 3.8) is 0 Å². The minimum Gasteiger partial charge on any atom is -0.756 e. The van der Waals surface area contributed by atoms with Crippen LogP contribution in [0.15, 0.2) is 48.6 Å². The van der Waals surface area contributed by atoms with E-state index in [9.17, 15) is 19.0 Å². The van der Waals surface area contributed by atoms with Crippen molar-refractivity contribution in [2.24, 2.45) is 0 Å². The number of likely N-dealkylation sites (N-methyl/N-ethyl adjacent to an activating group) is 1. The van der Waals surface area contributed by atoms with Crippen LogP contribution in [0.25, 0.3) is 0 Å². The largest absolute Gasteiger partial charge is 0.756 e. The Balaban J connectivity index is 5.07. The van der Waals surface area contributed by atoms with Crippen LogP contribution >= 0.6 is 7.82 Å². The van der Waals surface area contributed by atoms with E-state index in [1.54, 1.807) is 0 Å². The predicted octanol–water partition coefficient (Wildman–Crippen LogP) is 21.8. The number of phosphoric acid groups is 1. The predicted molar refractivity (Wildman–Crippen MR) is 353 cm³/mol. The molecule has 3 unspecified atom stereocenters. The van der Waals surface area contributed by atoms with Crippen LogP contribution < -0.4 is 10.2 Å². The Morgan fingerprint density at radius 2 is 0.744 bits per heavy atom. The Kier molecular flexibility index (Phi) is 60.5. The molecule has 10 heteroatoms. The molecular formula is C72H137N2O7P. The molecule has 0 saturated heterocycles. The number of unbranched alkanes of at least 4 members (excludes halogenated alkanes) is 43. The van der Waals surface area contributed by atoms with E-state index in [0.29, 0.717) is 17.4 Å². The molecule has 0 heterocycles. The highest BCUT2D eigenvalue weighted by atomic mass is 31.2. The number of amides is 1. The molecule has 0 aromatic heterocycles. The zero-order chi connectivity index (χ0) is 60.0. The van der Waals surface area contributed by atoms with Gasteiger partial charge in [0.2, 0.25) is 5.91 Å². The quantitative estimate of drug-likeness (QED) is 0.0212. The fraction of sp³-hybridized carbons (Fsp3) is 0.861. The monoisotopic (exact) mass is 1170 g/mol. The maximum atomic E-state index is 13.6. The third-order valence-corrected chi connectivity index (χ3v) is 17.0. The van der Waals surface area contributed by atoms with Crippen LogP contribution in [-0.4, -0.2) is 69.4 Å². The van der Waals surface area contributed by atoms with Gasteiger partial charge in [-0.3, -0.25) is 14.2 Å². The smallest absolute Gasteiger partial charge is 0.306 e. The van der Waals surface area contributed by atoms with Crippen LogP contribution in [0.5, 0.6) is 0 Å². The molecule has 0 aliphatic carbocycles. The molecule has 0 fully saturated rings. The molecule has 9 nitrogen and oxygen atoms in total. The Morgan fingerprint density at radius 1 is 0.427 bits per heavy atom. The van der Waals surface area contributed by atoms with E-state index in [1.807, 2.05) is 33.3 Å². The molecule has 0 bridgehead atoms. The molecule has 0 spiro atoms. The SMILES string of the molecule is CCCCC/C=C\C/C=C\C/C=C\CCCCCCCCCCCCC(=O)OC(/C=C/CCCCCCCCCCCC)C(COP(=O)([O-])OCC[N+](C)(C)C)NC(=O)CCCCCCCCCCCCCCCCCCCCCCC. The summed E-state index contributed by atoms with van der Waals surface area (Å²) >= 11 is 0. The van der Waals surface area contributed by atoms with Gasteiger partial charge in [0, 0.05) is 12.8 Å². The Bertz CT molecular complexity index is 1540. The van der Waals surface area contributed by atoms with E-state index in [0.717, 1.165) is 70.6 Å². The van der Waals surface area contributed by atoms with E-state index in [-0.39, 0.29) is 31.5 Å². The lowest BCUT2D eigenvalue weighted by molar-refractivity contribution is -0.870. The fourth-order valence-corrected chi connectivity index (χ4v) is 11.3. The molecule has 0 aliphatic rings. The second-order valence-corrected chi connectivity index (χ2v) is 26.8. The highest BCUT2D eigenvalue weighted by Gasteiger charge is 2.27. The summed E-state index contributed by atoms with van der Waals surface area (Å²) < 4.78 is 30.4. The maximum absolute atomic E-state index is 13.6. The van der Waals surface area contributed by atoms with Crippen molar-refractivity contribution < 1.29 is 37.3 Å². The van der Waals surface area contributed by atoms with Crippen molar-refractivity contribution in [2.45, 2.75) is 360 Å². The van der Waals surface area contributed by atoms with Gasteiger partial charge in [0.25, 0.3) is 7.82 Å². The lowest BCUT2D eigenvalue weighted by Gasteiger charge is -2.30. The van der Waals surface area contributed by atoms with Gasteiger partial charge in [-0.05, 0) is 70.3 Å². The number of esters is 1. The van der Waals surface area contributed by atoms with E-state index in [4.69, 9.17) is 13.8 Å². The van der Waals surface area contributed by atoms with Gasteiger partial charge in [-0.15, -0.1) is 0 Å². The number of quaternary nitrogens is 1. The van der Waals surface area contributed by atoms with Gasteiger partial charge in [-0.2, -0.15) is 0 Å². The Hall–Kier alpha value is -2.03. The summed E-state index contributed by atoms with van der Waals surface area (Å²) in [5.41, 5.74) is 0. The summed E-state index contributed by atoms with van der Waals surface area (Å²) in [6.07, 6.45) is 78.0. The molecule has 1 N–H and O–H groups in total. The van der Waals surface area contributed by atoms with Crippen molar-refractivity contribution in [2.75, 3.05) is 40.9 Å². The van der Waals surface area contributed by atoms with E-state index >= 15 is 0 Å². The molecular weight excluding hydrogens is 1040 g/mol. The lowest BCUT2D eigenvalue weighted by Crippen LogP contribution is -2.47. The van der Waals surface area contributed by atoms with E-state index in [1.165, 1.54) is 244 Å². The zero-order valence-corrected chi connectivity index (χ0v) is 56.1. The van der Waals surface area contributed by atoms with Gasteiger partial charge in [-0.25, -0.2) is 0 Å². The highest BCUT2D eigenvalue weighted by molar-refractivity contribution is 7.45. The lowest BCUT2D eigenvalue weighted by atomic mass is 10.0. The van der Waals surface area contributed by atoms with Crippen LogP contribution in [0.3, 0.4) is 0 Å². The molecule has 1 amide bonds. The summed E-state index contributed by atoms with van der Waals surface area (Å²) in [4.78, 5) is 40.2. The minimum absolute atomic E-state index is 0.0211. The van der Waals surface area contributed by atoms with Crippen molar-refractivity contribution in [3.05, 3.63) is 48.6 Å². The second-order valence-electron chi connectivity index (χ2n) is 25.4. The van der Waals surface area contributed by atoms with E-state index in [2.05, 4.69) is 62.5 Å². The maximum Gasteiger partial charge on any atom is 0.306 e. The summed E-state index contributed by atoms with van der Waals surface area (Å²) in [6.45, 7) is 6.87. The zero-order valence-electron chi connectivity index (χ0n) is 55.2. The summed E-state index contributed by atoms with van der Waals surface area (Å²) in [7, 11) is 1.20. The van der Waals surface area contributed by atoms with Crippen molar-refractivity contribution >= 4 is 19.7 Å². The molecule has 482 valence electrons. The fourth-order valence-electron chi connectivity index (χ4n) is 10.5. The number of allylic oxidation sites excluding steroid dienone is 7. The van der Waals surface area contributed by atoms with Gasteiger partial charge in [0.15, 0.2) is 0 Å². The standard InChI is InChI=1S/C72H137N2O7P/c1-7-10-13-16-19-22-25-28-30-32-34-36-37-39-41-43-45-47-50-53-56-59-62-65-72(76)81-70(63-60-57-54-51-48-27-24-21-18-15-12-9-3)69(68-80-82(77,78)79-67-66-74(4,5)6)73-71(75)64-61-58-55-52-49-46-44-42-40-38-35-33-31-29-26-23-20-17-14-11-8-2/h19,22,28,30,34,36,60,63,69-70H,7-18,20-21,23-27,29,31-33,35,37-59,61-62,64-68H2,1-6H3,(H-,73,75,77,78)/b22-19-,30-28-,36-34-,63-60+. The number of nitrogens with zero attached hydrogens (tertiary/aromatic N) is 1. The number of carbonyl (C=O) groups is 2. The number of nitrogens with one attached hydrogen (secondary N) is 1. The molecule has 0 saturated carbocycles. The van der Waals surface area contributed by atoms with Crippen molar-refractivity contribution in [1.82, 2.24) is 5.32 Å². The Morgan fingerprint density at radius 3 is 1.13 bits per heavy atom. The van der Waals surface area contributed by atoms with Crippen LogP contribution in [0.1, 0.15) is 348 Å². The number of ether oxygens (including phenoxy) is 1. The van der Waals surface area contributed by atoms with Crippen LogP contribution in [0.2, 0.25) is 0 Å². The number of hydrogen-bond donors (Lipinski definition) is 1. The van der Waals surface area contributed by atoms with Crippen LogP contribution in [0.4, 0.5) is 0 Å². The molecule has 0 aromatic carbocycles. The Labute approximate surface area is 509 Å². The summed E-state index contributed by atoms with van der Waals surface area (Å²) in [6, 6.07) is -0.888. The average molecular weight is 1170 g/mol. The molecule has 0 aliphatic heterocycles. The second kappa shape index (κ2) is 62.0. The first-order chi connectivity index (χ1) is 39.9. The average Bonchev–Trinajstić information content (AvgIpc) is 3.44. The first-order valence-electron chi connectivity index (χ1n) is 35.4. The van der Waals surface area contributed by atoms with Gasteiger partial charge >= 0.3 is 5.97 Å². The van der Waals surface area contributed by atoms with Crippen LogP contribution in [-0.2, 0) is 27.9 Å². The van der Waals surface area contributed by atoms with Gasteiger partial charge in [0.1, 0.15) is 19.3 Å². The van der Waals surface area contributed by atoms with E-state index < -0.39 is 20.0 Å². The number of rotatable bonds is 65. The van der Waals surface area contributed by atoms with Gasteiger partial charge in [0.05, 0.1) is 33.8 Å². The van der Waals surface area contributed by atoms with Crippen molar-refractivity contribution in [3.8, 4) is 0 Å².